The first-order chi connectivity index (χ1) is 10.3. The van der Waals surface area contributed by atoms with E-state index in [9.17, 15) is 5.11 Å². The average Bonchev–Trinajstić information content (AvgIpc) is 3.01. The fourth-order valence-electron chi connectivity index (χ4n) is 2.92. The molecule has 0 saturated carbocycles. The molecule has 0 radical (unpaired) electrons. The number of nitrogens with zero attached hydrogens (tertiary/aromatic N) is 1. The van der Waals surface area contributed by atoms with Crippen molar-refractivity contribution in [3.05, 3.63) is 71.4 Å². The Morgan fingerprint density at radius 1 is 1.10 bits per heavy atom. The second-order valence-corrected chi connectivity index (χ2v) is 5.29. The molecule has 4 rings (SSSR count). The molecule has 0 saturated heterocycles. The van der Waals surface area contributed by atoms with Gasteiger partial charge in [0.15, 0.2) is 0 Å². The quantitative estimate of drug-likeness (QED) is 0.782. The van der Waals surface area contributed by atoms with E-state index in [4.69, 9.17) is 4.74 Å². The van der Waals surface area contributed by atoms with E-state index in [1.807, 2.05) is 48.5 Å². The van der Waals surface area contributed by atoms with Gasteiger partial charge in [0.1, 0.15) is 11.9 Å². The zero-order valence-electron chi connectivity index (χ0n) is 11.5. The summed E-state index contributed by atoms with van der Waals surface area (Å²) in [5, 5.41) is 11.7. The number of hydrogen-bond acceptors (Lipinski definition) is 3. The zero-order chi connectivity index (χ0) is 14.2. The van der Waals surface area contributed by atoms with Gasteiger partial charge in [-0.3, -0.25) is 4.98 Å². The fourth-order valence-corrected chi connectivity index (χ4v) is 2.92. The Hall–Kier alpha value is -2.39. The Bertz CT molecular complexity index is 808. The van der Waals surface area contributed by atoms with Crippen LogP contribution in [0.2, 0.25) is 0 Å². The van der Waals surface area contributed by atoms with Gasteiger partial charge >= 0.3 is 0 Å². The molecular weight excluding hydrogens is 262 g/mol. The lowest BCUT2D eigenvalue weighted by atomic mass is 9.96. The number of aliphatic hydroxyl groups is 1. The zero-order valence-corrected chi connectivity index (χ0v) is 11.5. The molecule has 0 bridgehead atoms. The Morgan fingerprint density at radius 2 is 2.05 bits per heavy atom. The molecule has 2 aromatic carbocycles. The summed E-state index contributed by atoms with van der Waals surface area (Å²) >= 11 is 0. The normalized spacial score (nSPS) is 14.7. The van der Waals surface area contributed by atoms with E-state index in [1.165, 1.54) is 5.56 Å². The van der Waals surface area contributed by atoms with E-state index >= 15 is 0 Å². The van der Waals surface area contributed by atoms with E-state index in [2.05, 4.69) is 4.98 Å². The van der Waals surface area contributed by atoms with Crippen LogP contribution in [-0.2, 0) is 6.42 Å². The van der Waals surface area contributed by atoms with Crippen molar-refractivity contribution in [2.75, 3.05) is 6.61 Å². The van der Waals surface area contributed by atoms with E-state index in [0.29, 0.717) is 0 Å². The number of fused-ring (bicyclic) bond motifs is 2. The molecule has 3 aromatic rings. The number of rotatable bonds is 2. The molecule has 104 valence electrons. The van der Waals surface area contributed by atoms with E-state index in [-0.39, 0.29) is 0 Å². The number of aliphatic hydroxyl groups excluding tert-OH is 1. The lowest BCUT2D eigenvalue weighted by molar-refractivity contribution is 0.222. The van der Waals surface area contributed by atoms with Crippen LogP contribution in [0.15, 0.2) is 54.7 Å². The lowest BCUT2D eigenvalue weighted by Gasteiger charge is -2.14. The Labute approximate surface area is 122 Å². The molecule has 0 spiro atoms. The largest absolute Gasteiger partial charge is 0.493 e. The van der Waals surface area contributed by atoms with Crippen molar-refractivity contribution < 1.29 is 9.84 Å². The van der Waals surface area contributed by atoms with Crippen molar-refractivity contribution in [3.8, 4) is 5.75 Å². The lowest BCUT2D eigenvalue weighted by Crippen LogP contribution is -2.01. The molecule has 0 aliphatic carbocycles. The number of benzene rings is 2. The Morgan fingerprint density at radius 3 is 3.00 bits per heavy atom. The van der Waals surface area contributed by atoms with Crippen LogP contribution in [0.5, 0.6) is 5.75 Å². The van der Waals surface area contributed by atoms with Crippen LogP contribution in [0.3, 0.4) is 0 Å². The molecule has 1 aliphatic heterocycles. The molecule has 1 unspecified atom stereocenters. The van der Waals surface area contributed by atoms with Crippen molar-refractivity contribution in [2.24, 2.45) is 0 Å². The Kier molecular flexibility index (Phi) is 2.86. The summed E-state index contributed by atoms with van der Waals surface area (Å²) in [4.78, 5) is 4.34. The highest BCUT2D eigenvalue weighted by Gasteiger charge is 2.18. The number of hydrogen-bond donors (Lipinski definition) is 1. The molecule has 1 atom stereocenters. The van der Waals surface area contributed by atoms with Crippen LogP contribution >= 0.6 is 0 Å². The maximum atomic E-state index is 10.8. The summed E-state index contributed by atoms with van der Waals surface area (Å²) in [5.41, 5.74) is 3.86. The predicted octanol–water partition coefficient (Wildman–Crippen LogP) is 3.25. The summed E-state index contributed by atoms with van der Waals surface area (Å²) in [6.07, 6.45) is 2.03. The van der Waals surface area contributed by atoms with Gasteiger partial charge in [0.2, 0.25) is 0 Å². The second-order valence-electron chi connectivity index (χ2n) is 5.29. The summed E-state index contributed by atoms with van der Waals surface area (Å²) in [7, 11) is 0. The first-order valence-corrected chi connectivity index (χ1v) is 7.10. The molecule has 3 nitrogen and oxygen atoms in total. The minimum atomic E-state index is -0.649. The summed E-state index contributed by atoms with van der Waals surface area (Å²) < 4.78 is 5.52. The molecule has 1 aliphatic rings. The predicted molar refractivity (Wildman–Crippen MR) is 81.4 cm³/mol. The van der Waals surface area contributed by atoms with Crippen LogP contribution in [-0.4, -0.2) is 16.7 Å². The van der Waals surface area contributed by atoms with Gasteiger partial charge in [-0.15, -0.1) is 0 Å². The van der Waals surface area contributed by atoms with Gasteiger partial charge in [-0.05, 0) is 41.0 Å². The molecule has 21 heavy (non-hydrogen) atoms. The SMILES string of the molecule is OC(c1ccc2c(c1)CCO2)c1cccc2ncccc12. The maximum Gasteiger partial charge on any atom is 0.122 e. The number of ether oxygens (including phenoxy) is 1. The van der Waals surface area contributed by atoms with Crippen LogP contribution in [0.1, 0.15) is 22.8 Å². The highest BCUT2D eigenvalue weighted by Crippen LogP contribution is 2.32. The number of aromatic nitrogens is 1. The van der Waals surface area contributed by atoms with Crippen molar-refractivity contribution >= 4 is 10.9 Å². The van der Waals surface area contributed by atoms with Crippen LogP contribution in [0.25, 0.3) is 10.9 Å². The third-order valence-electron chi connectivity index (χ3n) is 4.00. The molecule has 1 aromatic heterocycles. The van der Waals surface area contributed by atoms with Crippen molar-refractivity contribution in [3.63, 3.8) is 0 Å². The molecule has 0 fully saturated rings. The van der Waals surface area contributed by atoms with Crippen molar-refractivity contribution in [1.29, 1.82) is 0 Å². The van der Waals surface area contributed by atoms with E-state index < -0.39 is 6.10 Å². The molecule has 3 heteroatoms. The first kappa shape index (κ1) is 12.4. The minimum Gasteiger partial charge on any atom is -0.493 e. The van der Waals surface area contributed by atoms with E-state index in [0.717, 1.165) is 40.8 Å². The van der Waals surface area contributed by atoms with Crippen LogP contribution in [0, 0.1) is 0 Å². The average molecular weight is 277 g/mol. The summed E-state index contributed by atoms with van der Waals surface area (Å²) in [5.74, 6) is 0.936. The highest BCUT2D eigenvalue weighted by atomic mass is 16.5. The molecule has 2 heterocycles. The summed E-state index contributed by atoms with van der Waals surface area (Å²) in [6.45, 7) is 0.729. The van der Waals surface area contributed by atoms with Gasteiger partial charge in [-0.2, -0.15) is 0 Å². The fraction of sp³-hybridized carbons (Fsp3) is 0.167. The van der Waals surface area contributed by atoms with Crippen molar-refractivity contribution in [1.82, 2.24) is 4.98 Å². The molecule has 0 amide bonds. The smallest absolute Gasteiger partial charge is 0.122 e. The minimum absolute atomic E-state index is 0.649. The first-order valence-electron chi connectivity index (χ1n) is 7.10. The van der Waals surface area contributed by atoms with Gasteiger partial charge < -0.3 is 9.84 Å². The van der Waals surface area contributed by atoms with Gasteiger partial charge in [-0.1, -0.05) is 24.3 Å². The van der Waals surface area contributed by atoms with Gasteiger partial charge in [0.25, 0.3) is 0 Å². The van der Waals surface area contributed by atoms with Crippen LogP contribution in [0.4, 0.5) is 0 Å². The third-order valence-corrected chi connectivity index (χ3v) is 4.00. The third kappa shape index (κ3) is 2.06. The summed E-state index contributed by atoms with van der Waals surface area (Å²) in [6, 6.07) is 15.7. The number of pyridine rings is 1. The van der Waals surface area contributed by atoms with Gasteiger partial charge in [-0.25, -0.2) is 0 Å². The Balaban J connectivity index is 1.81. The monoisotopic (exact) mass is 277 g/mol. The van der Waals surface area contributed by atoms with Gasteiger partial charge in [0, 0.05) is 18.0 Å². The highest BCUT2D eigenvalue weighted by molar-refractivity contribution is 5.82. The van der Waals surface area contributed by atoms with E-state index in [1.54, 1.807) is 6.20 Å². The second kappa shape index (κ2) is 4.86. The molecular formula is C18H15NO2. The standard InChI is InChI=1S/C18H15NO2/c20-18(13-6-7-17-12(11-13)8-10-21-17)15-3-1-5-16-14(15)4-2-9-19-16/h1-7,9,11,18,20H,8,10H2. The molecule has 1 N–H and O–H groups in total. The topological polar surface area (TPSA) is 42.4 Å². The van der Waals surface area contributed by atoms with Crippen molar-refractivity contribution in [2.45, 2.75) is 12.5 Å². The maximum absolute atomic E-state index is 10.8. The van der Waals surface area contributed by atoms with Gasteiger partial charge in [0.05, 0.1) is 12.1 Å². The van der Waals surface area contributed by atoms with Crippen LogP contribution < -0.4 is 4.74 Å².